The van der Waals surface area contributed by atoms with Crippen LogP contribution in [-0.4, -0.2) is 24.0 Å². The topological polar surface area (TPSA) is 69.0 Å². The predicted molar refractivity (Wildman–Crippen MR) is 179 cm³/mol. The lowest BCUT2D eigenvalue weighted by atomic mass is 10.0. The third kappa shape index (κ3) is 8.84. The average molecular weight is 670 g/mol. The molecule has 6 nitrogen and oxygen atoms in total. The first-order chi connectivity index (χ1) is 22.0. The zero-order chi connectivity index (χ0) is 34.6. The van der Waals surface area contributed by atoms with E-state index in [1.165, 1.54) is 24.3 Å². The Bertz CT molecular complexity index is 1850. The summed E-state index contributed by atoms with van der Waals surface area (Å²) in [6.07, 6.45) is -2.42. The highest BCUT2D eigenvalue weighted by Gasteiger charge is 2.41. The number of carbonyl (C=O) groups is 1. The molecular weight excluding hydrogens is 631 g/mol. The molecular formula is C37H39ClF3NO5. The fourth-order valence-electron chi connectivity index (χ4n) is 5.39. The van der Waals surface area contributed by atoms with Gasteiger partial charge in [-0.15, -0.1) is 0 Å². The number of aryl methyl sites for hydroxylation is 2. The van der Waals surface area contributed by atoms with Crippen molar-refractivity contribution in [1.29, 1.82) is 0 Å². The van der Waals surface area contributed by atoms with Crippen LogP contribution in [0, 0.1) is 32.6 Å². The summed E-state index contributed by atoms with van der Waals surface area (Å²) in [4.78, 5) is 28.9. The van der Waals surface area contributed by atoms with Gasteiger partial charge in [0.15, 0.2) is 0 Å². The summed E-state index contributed by atoms with van der Waals surface area (Å²) in [6.45, 7) is 14.6. The van der Waals surface area contributed by atoms with Gasteiger partial charge in [0.05, 0.1) is 10.9 Å². The zero-order valence-corrected chi connectivity index (χ0v) is 28.3. The Morgan fingerprint density at radius 2 is 1.64 bits per heavy atom. The van der Waals surface area contributed by atoms with Gasteiger partial charge in [-0.3, -0.25) is 9.69 Å². The Balaban J connectivity index is 1.91. The maximum absolute atomic E-state index is 14.6. The number of fused-ring (bicyclic) bond motifs is 1. The predicted octanol–water partition coefficient (Wildman–Crippen LogP) is 9.92. The molecule has 0 fully saturated rings. The summed E-state index contributed by atoms with van der Waals surface area (Å²) in [7, 11) is 0. The van der Waals surface area contributed by atoms with Gasteiger partial charge in [-0.1, -0.05) is 63.6 Å². The molecule has 1 heterocycles. The molecule has 0 spiro atoms. The molecule has 0 aliphatic carbocycles. The number of esters is 1. The number of halogens is 4. The van der Waals surface area contributed by atoms with Gasteiger partial charge in [0.2, 0.25) is 11.2 Å². The molecule has 0 unspecified atom stereocenters. The van der Waals surface area contributed by atoms with E-state index in [0.29, 0.717) is 29.2 Å². The largest absolute Gasteiger partial charge is 0.453 e. The minimum Gasteiger partial charge on any atom is -0.449 e. The van der Waals surface area contributed by atoms with E-state index in [-0.39, 0.29) is 46.4 Å². The second-order valence-electron chi connectivity index (χ2n) is 12.6. The Hall–Kier alpha value is -4.08. The van der Waals surface area contributed by atoms with E-state index in [9.17, 15) is 22.8 Å². The van der Waals surface area contributed by atoms with E-state index in [1.807, 2.05) is 45.6 Å². The number of rotatable bonds is 11. The first-order valence-electron chi connectivity index (χ1n) is 15.4. The quantitative estimate of drug-likeness (QED) is 0.0900. The summed E-state index contributed by atoms with van der Waals surface area (Å²) >= 11 is 6.20. The molecule has 0 radical (unpaired) electrons. The molecule has 0 aliphatic heterocycles. The normalized spacial score (nSPS) is 12.2. The van der Waals surface area contributed by atoms with Gasteiger partial charge in [0.1, 0.15) is 17.1 Å². The maximum Gasteiger partial charge on any atom is 0.453 e. The minimum absolute atomic E-state index is 0.0288. The van der Waals surface area contributed by atoms with E-state index >= 15 is 0 Å². The molecule has 0 aliphatic rings. The van der Waals surface area contributed by atoms with Crippen LogP contribution in [-0.2, 0) is 17.5 Å². The van der Waals surface area contributed by atoms with Crippen molar-refractivity contribution < 1.29 is 31.9 Å². The number of alkyl halides is 3. The van der Waals surface area contributed by atoms with Crippen molar-refractivity contribution in [3.05, 3.63) is 103 Å². The first kappa shape index (κ1) is 35.8. The van der Waals surface area contributed by atoms with Crippen molar-refractivity contribution in [1.82, 2.24) is 4.90 Å². The van der Waals surface area contributed by atoms with Crippen LogP contribution in [0.5, 0.6) is 17.2 Å². The van der Waals surface area contributed by atoms with E-state index in [2.05, 4.69) is 0 Å². The number of carbonyl (C=O) groups excluding carboxylic acids is 1. The Morgan fingerprint density at radius 1 is 0.979 bits per heavy atom. The van der Waals surface area contributed by atoms with Gasteiger partial charge < -0.3 is 13.9 Å². The monoisotopic (exact) mass is 669 g/mol. The van der Waals surface area contributed by atoms with Crippen molar-refractivity contribution in [2.75, 3.05) is 13.1 Å². The summed E-state index contributed by atoms with van der Waals surface area (Å²) < 4.78 is 60.9. The number of ether oxygens (including phenoxy) is 2. The smallest absolute Gasteiger partial charge is 0.449 e. The SMILES string of the molecule is Cc1cc(C)c(C)c(Oc2c(C(F)(F)F)oc3c(CN(CC(C)C)CC(C)C)c(OC(=O)C=Cc4ccccc4Cl)ccc3c2=O)c1. The van der Waals surface area contributed by atoms with Gasteiger partial charge in [-0.2, -0.15) is 13.2 Å². The third-order valence-corrected chi connectivity index (χ3v) is 7.80. The molecule has 4 rings (SSSR count). The van der Waals surface area contributed by atoms with Crippen molar-refractivity contribution >= 4 is 34.6 Å². The molecule has 47 heavy (non-hydrogen) atoms. The Labute approximate surface area is 277 Å². The number of benzene rings is 3. The summed E-state index contributed by atoms with van der Waals surface area (Å²) in [6, 6.07) is 13.0. The Morgan fingerprint density at radius 3 is 2.26 bits per heavy atom. The molecule has 4 aromatic rings. The fraction of sp³-hybridized carbons (Fsp3) is 0.351. The molecule has 250 valence electrons. The average Bonchev–Trinajstić information content (AvgIpc) is 2.96. The molecule has 0 saturated heterocycles. The summed E-state index contributed by atoms with van der Waals surface area (Å²) in [5.74, 6) is -2.80. The second kappa shape index (κ2) is 14.8. The summed E-state index contributed by atoms with van der Waals surface area (Å²) in [5.41, 5.74) is 1.55. The third-order valence-electron chi connectivity index (χ3n) is 7.46. The molecule has 0 bridgehead atoms. The van der Waals surface area contributed by atoms with Gasteiger partial charge in [0, 0.05) is 30.7 Å². The number of nitrogens with zero attached hydrogens (tertiary/aromatic N) is 1. The standard InChI is InChI=1S/C37H39ClF3NO5/c1-21(2)18-42(19-22(3)4)20-28-30(45-32(43)15-12-26-10-8-9-11-29(26)38)14-13-27-33(44)35(36(37(39,40)41)47-34(27)28)46-31-17-23(5)16-24(6)25(31)7/h8-17,21-22H,18-20H2,1-7H3. The maximum atomic E-state index is 14.6. The lowest BCUT2D eigenvalue weighted by molar-refractivity contribution is -0.154. The van der Waals surface area contributed by atoms with E-state index < -0.39 is 29.1 Å². The lowest BCUT2D eigenvalue weighted by Crippen LogP contribution is -2.31. The highest BCUT2D eigenvalue weighted by atomic mass is 35.5. The number of hydrogen-bond acceptors (Lipinski definition) is 6. The summed E-state index contributed by atoms with van der Waals surface area (Å²) in [5, 5.41) is 0.293. The van der Waals surface area contributed by atoms with Crippen LogP contribution in [0.2, 0.25) is 5.02 Å². The second-order valence-corrected chi connectivity index (χ2v) is 13.0. The van der Waals surface area contributed by atoms with Crippen LogP contribution in [0.25, 0.3) is 17.0 Å². The van der Waals surface area contributed by atoms with Crippen LogP contribution in [0.3, 0.4) is 0 Å². The molecule has 1 aromatic heterocycles. The van der Waals surface area contributed by atoms with Crippen LogP contribution in [0.15, 0.2) is 63.8 Å². The highest BCUT2D eigenvalue weighted by Crippen LogP contribution is 2.41. The Kier molecular flexibility index (Phi) is 11.2. The van der Waals surface area contributed by atoms with Gasteiger partial charge in [-0.05, 0) is 85.2 Å². The van der Waals surface area contributed by atoms with Crippen molar-refractivity contribution in [2.45, 2.75) is 61.2 Å². The van der Waals surface area contributed by atoms with Crippen molar-refractivity contribution in [3.8, 4) is 17.2 Å². The van der Waals surface area contributed by atoms with Crippen LogP contribution in [0.4, 0.5) is 13.2 Å². The number of hydrogen-bond donors (Lipinski definition) is 0. The molecule has 0 saturated carbocycles. The van der Waals surface area contributed by atoms with Crippen molar-refractivity contribution in [2.24, 2.45) is 11.8 Å². The van der Waals surface area contributed by atoms with E-state index in [4.69, 9.17) is 25.5 Å². The minimum atomic E-state index is -5.08. The van der Waals surface area contributed by atoms with E-state index in [1.54, 1.807) is 44.2 Å². The van der Waals surface area contributed by atoms with Crippen LogP contribution >= 0.6 is 11.6 Å². The van der Waals surface area contributed by atoms with Gasteiger partial charge >= 0.3 is 12.1 Å². The lowest BCUT2D eigenvalue weighted by Gasteiger charge is -2.27. The molecule has 0 N–H and O–H groups in total. The molecule has 10 heteroatoms. The molecule has 0 amide bonds. The molecule has 0 atom stereocenters. The first-order valence-corrected chi connectivity index (χ1v) is 15.7. The van der Waals surface area contributed by atoms with Gasteiger partial charge in [-0.25, -0.2) is 4.79 Å². The van der Waals surface area contributed by atoms with Crippen LogP contribution < -0.4 is 14.9 Å². The van der Waals surface area contributed by atoms with E-state index in [0.717, 1.165) is 11.1 Å². The van der Waals surface area contributed by atoms with Gasteiger partial charge in [0.25, 0.3) is 5.76 Å². The van der Waals surface area contributed by atoms with Crippen LogP contribution in [0.1, 0.15) is 61.3 Å². The fourth-order valence-corrected chi connectivity index (χ4v) is 5.59. The zero-order valence-electron chi connectivity index (χ0n) is 27.5. The van der Waals surface area contributed by atoms with Crippen molar-refractivity contribution in [3.63, 3.8) is 0 Å². The highest BCUT2D eigenvalue weighted by molar-refractivity contribution is 6.32. The molecule has 3 aromatic carbocycles.